The molecule has 1 aromatic heterocycles. The largest absolute Gasteiger partial charge is 0.493 e. The van der Waals surface area contributed by atoms with E-state index in [1.54, 1.807) is 65.8 Å². The topological polar surface area (TPSA) is 138 Å². The summed E-state index contributed by atoms with van der Waals surface area (Å²) in [6.45, 7) is 16.9. The third-order valence-corrected chi connectivity index (χ3v) is 7.51. The fourth-order valence-electron chi connectivity index (χ4n) is 5.10. The zero-order valence-corrected chi connectivity index (χ0v) is 31.7. The second-order valence-electron chi connectivity index (χ2n) is 14.4. The van der Waals surface area contributed by atoms with Gasteiger partial charge in [0, 0.05) is 35.3 Å². The number of carbonyl (C=O) groups excluding carboxylic acids is 3. The first-order valence-corrected chi connectivity index (χ1v) is 17.6. The monoisotopic (exact) mass is 722 g/mol. The summed E-state index contributed by atoms with van der Waals surface area (Å²) < 4.78 is 22.2. The van der Waals surface area contributed by atoms with Gasteiger partial charge in [-0.1, -0.05) is 48.5 Å². The number of nitrogens with one attached hydrogen (secondary N) is 2. The van der Waals surface area contributed by atoms with Crippen LogP contribution in [0.15, 0.2) is 91.5 Å². The van der Waals surface area contributed by atoms with Crippen molar-refractivity contribution in [3.63, 3.8) is 0 Å². The van der Waals surface area contributed by atoms with Gasteiger partial charge in [-0.15, -0.1) is 6.58 Å². The Morgan fingerprint density at radius 1 is 0.830 bits per heavy atom. The maximum Gasteiger partial charge on any atom is 0.408 e. The van der Waals surface area contributed by atoms with E-state index in [9.17, 15) is 14.4 Å². The van der Waals surface area contributed by atoms with Crippen molar-refractivity contribution >= 4 is 29.5 Å². The van der Waals surface area contributed by atoms with E-state index in [1.807, 2.05) is 67.6 Å². The highest BCUT2D eigenvalue weighted by molar-refractivity contribution is 5.90. The zero-order valence-electron chi connectivity index (χ0n) is 31.7. The number of amides is 1. The lowest BCUT2D eigenvalue weighted by Crippen LogP contribution is -2.47. The number of ether oxygens (including phenoxy) is 4. The molecule has 4 aromatic rings. The van der Waals surface area contributed by atoms with E-state index >= 15 is 0 Å². The van der Waals surface area contributed by atoms with Gasteiger partial charge in [0.15, 0.2) is 5.82 Å². The van der Waals surface area contributed by atoms with Crippen molar-refractivity contribution < 1.29 is 33.3 Å². The van der Waals surface area contributed by atoms with Crippen LogP contribution in [0, 0.1) is 6.92 Å². The maximum absolute atomic E-state index is 12.9. The molecule has 280 valence electrons. The lowest BCUT2D eigenvalue weighted by Gasteiger charge is -2.26. The number of alkyl carbamates (subject to hydrolysis) is 1. The van der Waals surface area contributed by atoms with Crippen molar-refractivity contribution in [1.29, 1.82) is 0 Å². The van der Waals surface area contributed by atoms with Gasteiger partial charge in [0.2, 0.25) is 0 Å². The van der Waals surface area contributed by atoms with E-state index < -0.39 is 35.3 Å². The molecule has 11 heteroatoms. The van der Waals surface area contributed by atoms with Gasteiger partial charge in [-0.2, -0.15) is 0 Å². The van der Waals surface area contributed by atoms with E-state index in [1.165, 1.54) is 0 Å². The SMILES string of the molecule is C=CCc1c(C)nc(-c2ccccc2)nc1Nc1ccc(C(=O)OCCCOc2ccc(CC(NC(=O)OC(C)(C)C)C(=O)OC(C)(C)C)cc2)cc1. The Bertz CT molecular complexity index is 1850. The molecule has 1 atom stereocenters. The Kier molecular flexibility index (Phi) is 13.7. The van der Waals surface area contributed by atoms with Crippen molar-refractivity contribution in [2.24, 2.45) is 0 Å². The first-order valence-electron chi connectivity index (χ1n) is 17.6. The maximum atomic E-state index is 12.9. The van der Waals surface area contributed by atoms with Gasteiger partial charge < -0.3 is 29.6 Å². The third kappa shape index (κ3) is 13.1. The Morgan fingerprint density at radius 3 is 2.11 bits per heavy atom. The molecule has 0 saturated heterocycles. The van der Waals surface area contributed by atoms with Crippen molar-refractivity contribution in [1.82, 2.24) is 15.3 Å². The van der Waals surface area contributed by atoms with Crippen LogP contribution < -0.4 is 15.4 Å². The number of anilines is 2. The summed E-state index contributed by atoms with van der Waals surface area (Å²) in [6.07, 6.45) is 2.41. The van der Waals surface area contributed by atoms with Crippen LogP contribution in [0.5, 0.6) is 5.75 Å². The molecule has 11 nitrogen and oxygen atoms in total. The van der Waals surface area contributed by atoms with Gasteiger partial charge in [0.1, 0.15) is 28.8 Å². The van der Waals surface area contributed by atoms with Crippen molar-refractivity contribution in [2.45, 2.75) is 85.0 Å². The Morgan fingerprint density at radius 2 is 1.49 bits per heavy atom. The summed E-state index contributed by atoms with van der Waals surface area (Å²) in [4.78, 5) is 47.6. The number of benzene rings is 3. The number of carbonyl (C=O) groups is 3. The Hall–Kier alpha value is -5.71. The second-order valence-corrected chi connectivity index (χ2v) is 14.4. The summed E-state index contributed by atoms with van der Waals surface area (Å²) in [5.41, 5.74) is 3.27. The molecule has 1 amide bonds. The highest BCUT2D eigenvalue weighted by Gasteiger charge is 2.29. The van der Waals surface area contributed by atoms with Crippen molar-refractivity contribution in [2.75, 3.05) is 18.5 Å². The number of rotatable bonds is 15. The molecule has 0 aliphatic heterocycles. The molecule has 53 heavy (non-hydrogen) atoms. The average molecular weight is 723 g/mol. The summed E-state index contributed by atoms with van der Waals surface area (Å²) in [7, 11) is 0. The van der Waals surface area contributed by atoms with Crippen LogP contribution >= 0.6 is 0 Å². The summed E-state index contributed by atoms with van der Waals surface area (Å²) in [5.74, 6) is 0.929. The minimum absolute atomic E-state index is 0.179. The van der Waals surface area contributed by atoms with E-state index in [0.29, 0.717) is 42.4 Å². The molecule has 0 aliphatic rings. The number of hydrogen-bond acceptors (Lipinski definition) is 10. The molecular weight excluding hydrogens is 672 g/mol. The van der Waals surface area contributed by atoms with Crippen LogP contribution in [-0.2, 0) is 31.8 Å². The Balaban J connectivity index is 1.26. The number of allylic oxidation sites excluding steroid dienone is 1. The normalized spacial score (nSPS) is 11.9. The first-order chi connectivity index (χ1) is 25.1. The van der Waals surface area contributed by atoms with Crippen molar-refractivity contribution in [3.05, 3.63) is 114 Å². The minimum atomic E-state index is -0.941. The van der Waals surface area contributed by atoms with Gasteiger partial charge in [0.25, 0.3) is 0 Å². The number of hydrogen-bond donors (Lipinski definition) is 2. The number of aromatic nitrogens is 2. The van der Waals surface area contributed by atoms with Gasteiger partial charge in [-0.25, -0.2) is 24.4 Å². The summed E-state index contributed by atoms with van der Waals surface area (Å²) in [6, 6.07) is 23.1. The molecule has 3 aromatic carbocycles. The minimum Gasteiger partial charge on any atom is -0.493 e. The number of aryl methyl sites for hydroxylation is 1. The number of nitrogens with zero attached hydrogens (tertiary/aromatic N) is 2. The fraction of sp³-hybridized carbons (Fsp3) is 0.357. The van der Waals surface area contributed by atoms with E-state index in [2.05, 4.69) is 17.2 Å². The lowest BCUT2D eigenvalue weighted by molar-refractivity contribution is -0.157. The lowest BCUT2D eigenvalue weighted by atomic mass is 10.1. The second kappa shape index (κ2) is 18.2. The van der Waals surface area contributed by atoms with Crippen LogP contribution in [0.2, 0.25) is 0 Å². The Labute approximate surface area is 312 Å². The molecule has 0 fully saturated rings. The molecule has 0 spiro atoms. The highest BCUT2D eigenvalue weighted by atomic mass is 16.6. The molecule has 2 N–H and O–H groups in total. The molecule has 0 radical (unpaired) electrons. The van der Waals surface area contributed by atoms with Crippen LogP contribution in [0.4, 0.5) is 16.3 Å². The third-order valence-electron chi connectivity index (χ3n) is 7.51. The molecule has 1 unspecified atom stereocenters. The molecule has 0 bridgehead atoms. The van der Waals surface area contributed by atoms with Gasteiger partial charge in [-0.05, 0) is 96.8 Å². The molecule has 0 aliphatic carbocycles. The van der Waals surface area contributed by atoms with Crippen LogP contribution in [0.3, 0.4) is 0 Å². The quantitative estimate of drug-likeness (QED) is 0.0533. The summed E-state index contributed by atoms with van der Waals surface area (Å²) >= 11 is 0. The highest BCUT2D eigenvalue weighted by Crippen LogP contribution is 2.26. The van der Waals surface area contributed by atoms with E-state index in [0.717, 1.165) is 28.1 Å². The van der Waals surface area contributed by atoms with Gasteiger partial charge in [0.05, 0.1) is 18.8 Å². The van der Waals surface area contributed by atoms with Crippen LogP contribution in [0.25, 0.3) is 11.4 Å². The van der Waals surface area contributed by atoms with Gasteiger partial charge in [-0.3, -0.25) is 0 Å². The molecule has 4 rings (SSSR count). The number of esters is 2. The molecule has 1 heterocycles. The summed E-state index contributed by atoms with van der Waals surface area (Å²) in [5, 5.41) is 6.02. The van der Waals surface area contributed by atoms with Crippen LogP contribution in [-0.4, -0.2) is 58.5 Å². The first kappa shape index (κ1) is 40.1. The standard InChI is InChI=1S/C42H50N4O7/c1-9-14-34-28(2)43-36(30-15-11-10-12-16-30)46-37(34)44-32-21-19-31(20-22-32)38(47)51-26-13-25-50-33-23-17-29(18-24-33)27-35(39(48)52-41(3,4)5)45-40(49)53-42(6,7)8/h9-12,15-24,35H,1,13-14,25-27H2,2-8H3,(H,45,49)(H,43,44,46). The predicted molar refractivity (Wildman–Crippen MR) is 205 cm³/mol. The molecule has 0 saturated carbocycles. The van der Waals surface area contributed by atoms with Gasteiger partial charge >= 0.3 is 18.0 Å². The zero-order chi connectivity index (χ0) is 38.6. The predicted octanol–water partition coefficient (Wildman–Crippen LogP) is 8.33. The average Bonchev–Trinajstić information content (AvgIpc) is 3.09. The fourth-order valence-corrected chi connectivity index (χ4v) is 5.10. The van der Waals surface area contributed by atoms with E-state index in [4.69, 9.17) is 28.9 Å². The molecular formula is C42H50N4O7. The van der Waals surface area contributed by atoms with Crippen molar-refractivity contribution in [3.8, 4) is 17.1 Å². The van der Waals surface area contributed by atoms with E-state index in [-0.39, 0.29) is 13.0 Å². The van der Waals surface area contributed by atoms with Crippen LogP contribution in [0.1, 0.15) is 75.1 Å². The smallest absolute Gasteiger partial charge is 0.408 e.